The van der Waals surface area contributed by atoms with Crippen molar-refractivity contribution in [3.05, 3.63) is 50.6 Å². The van der Waals surface area contributed by atoms with Crippen LogP contribution in [-0.4, -0.2) is 27.5 Å². The van der Waals surface area contributed by atoms with Crippen molar-refractivity contribution >= 4 is 61.5 Å². The molecule has 2 aromatic rings. The molecule has 0 saturated heterocycles. The van der Waals surface area contributed by atoms with E-state index in [1.54, 1.807) is 18.2 Å². The summed E-state index contributed by atoms with van der Waals surface area (Å²) in [6.45, 7) is 0.918. The lowest BCUT2D eigenvalue weighted by Gasteiger charge is -2.22. The zero-order chi connectivity index (χ0) is 23.1. The van der Waals surface area contributed by atoms with Gasteiger partial charge in [0.25, 0.3) is 10.2 Å². The molecule has 0 aromatic heterocycles. The first kappa shape index (κ1) is 25.4. The average molecular weight is 599 g/mol. The van der Waals surface area contributed by atoms with E-state index in [4.69, 9.17) is 11.6 Å². The molecule has 0 amide bonds. The van der Waals surface area contributed by atoms with Gasteiger partial charge in [0.15, 0.2) is 11.6 Å². The third-order valence-corrected chi connectivity index (χ3v) is 7.27. The minimum absolute atomic E-state index is 0.133. The Labute approximate surface area is 206 Å². The molecule has 0 bridgehead atoms. The summed E-state index contributed by atoms with van der Waals surface area (Å²) in [5, 5.41) is 6.43. The molecular formula is C21H26ClF2IN4O2S. The van der Waals surface area contributed by atoms with Crippen LogP contribution >= 0.6 is 34.2 Å². The van der Waals surface area contributed by atoms with Crippen molar-refractivity contribution in [1.82, 2.24) is 10.0 Å². The number of hydrogen-bond acceptors (Lipinski definition) is 4. The van der Waals surface area contributed by atoms with Crippen molar-refractivity contribution in [2.75, 3.05) is 23.1 Å². The Morgan fingerprint density at radius 3 is 2.47 bits per heavy atom. The van der Waals surface area contributed by atoms with Crippen molar-refractivity contribution in [2.45, 2.75) is 44.6 Å². The number of rotatable bonds is 10. The largest absolute Gasteiger partial charge is 0.350 e. The molecule has 0 aliphatic heterocycles. The van der Waals surface area contributed by atoms with Crippen LogP contribution in [0.3, 0.4) is 0 Å². The molecule has 4 N–H and O–H groups in total. The first-order valence-electron chi connectivity index (χ1n) is 10.5. The minimum Gasteiger partial charge on any atom is -0.350 e. The first-order valence-corrected chi connectivity index (χ1v) is 13.4. The highest BCUT2D eigenvalue weighted by Crippen LogP contribution is 2.34. The van der Waals surface area contributed by atoms with E-state index in [0.717, 1.165) is 28.5 Å². The molecule has 0 atom stereocenters. The molecule has 0 unspecified atom stereocenters. The molecule has 1 fully saturated rings. The van der Waals surface area contributed by atoms with Crippen LogP contribution in [0.4, 0.5) is 25.8 Å². The maximum absolute atomic E-state index is 14.5. The van der Waals surface area contributed by atoms with Gasteiger partial charge in [-0.2, -0.15) is 13.1 Å². The molecule has 11 heteroatoms. The summed E-state index contributed by atoms with van der Waals surface area (Å²) in [6, 6.07) is 7.51. The van der Waals surface area contributed by atoms with Crippen LogP contribution < -0.4 is 20.1 Å². The molecule has 176 valence electrons. The van der Waals surface area contributed by atoms with E-state index in [2.05, 4.69) is 42.7 Å². The summed E-state index contributed by atoms with van der Waals surface area (Å²) in [5.41, 5.74) is -0.164. The summed E-state index contributed by atoms with van der Waals surface area (Å²) in [5.74, 6) is -2.32. The van der Waals surface area contributed by atoms with E-state index in [-0.39, 0.29) is 22.9 Å². The van der Waals surface area contributed by atoms with Crippen molar-refractivity contribution < 1.29 is 17.2 Å². The van der Waals surface area contributed by atoms with E-state index >= 15 is 0 Å². The first-order chi connectivity index (χ1) is 15.2. The lowest BCUT2D eigenvalue weighted by atomic mass is 9.95. The van der Waals surface area contributed by atoms with Gasteiger partial charge in [-0.15, -0.1) is 0 Å². The highest BCUT2D eigenvalue weighted by Gasteiger charge is 2.19. The smallest absolute Gasteiger partial charge is 0.299 e. The quantitative estimate of drug-likeness (QED) is 0.214. The predicted octanol–water partition coefficient (Wildman–Crippen LogP) is 5.53. The summed E-state index contributed by atoms with van der Waals surface area (Å²) in [6.07, 6.45) is 6.66. The van der Waals surface area contributed by atoms with Crippen LogP contribution in [0.2, 0.25) is 5.02 Å². The Morgan fingerprint density at radius 1 is 1.03 bits per heavy atom. The number of anilines is 3. The van der Waals surface area contributed by atoms with Crippen LogP contribution in [0.1, 0.15) is 38.5 Å². The minimum atomic E-state index is -3.99. The third-order valence-electron chi connectivity index (χ3n) is 5.21. The van der Waals surface area contributed by atoms with Crippen molar-refractivity contribution in [1.29, 1.82) is 0 Å². The lowest BCUT2D eigenvalue weighted by molar-refractivity contribution is 0.372. The Hall–Kier alpha value is -1.21. The SMILES string of the molecule is O=S(=O)(NCCCNC1CCCCC1)Nc1ccc(F)c(F)c1Nc1ccc(I)cc1Cl. The van der Waals surface area contributed by atoms with Crippen LogP contribution in [0.5, 0.6) is 0 Å². The van der Waals surface area contributed by atoms with E-state index in [9.17, 15) is 17.2 Å². The van der Waals surface area contributed by atoms with Crippen molar-refractivity contribution in [2.24, 2.45) is 0 Å². The average Bonchev–Trinajstić information content (AvgIpc) is 2.75. The monoisotopic (exact) mass is 598 g/mol. The summed E-state index contributed by atoms with van der Waals surface area (Å²) >= 11 is 8.24. The highest BCUT2D eigenvalue weighted by molar-refractivity contribution is 14.1. The van der Waals surface area contributed by atoms with Gasteiger partial charge in [0.1, 0.15) is 5.69 Å². The fraction of sp³-hybridized carbons (Fsp3) is 0.429. The number of nitrogens with one attached hydrogen (secondary N) is 4. The normalized spacial score (nSPS) is 15.0. The van der Waals surface area contributed by atoms with Crippen LogP contribution in [0.15, 0.2) is 30.3 Å². The fourth-order valence-electron chi connectivity index (χ4n) is 3.57. The lowest BCUT2D eigenvalue weighted by Crippen LogP contribution is -2.35. The molecule has 1 aliphatic carbocycles. The van der Waals surface area contributed by atoms with Gasteiger partial charge in [-0.1, -0.05) is 30.9 Å². The zero-order valence-corrected chi connectivity index (χ0v) is 21.1. The van der Waals surface area contributed by atoms with Gasteiger partial charge in [-0.3, -0.25) is 4.72 Å². The van der Waals surface area contributed by atoms with E-state index in [1.165, 1.54) is 19.3 Å². The number of halogens is 4. The fourth-order valence-corrected chi connectivity index (χ4v) is 5.42. The summed E-state index contributed by atoms with van der Waals surface area (Å²) in [7, 11) is -3.99. The van der Waals surface area contributed by atoms with Crippen molar-refractivity contribution in [3.8, 4) is 0 Å². The van der Waals surface area contributed by atoms with Crippen LogP contribution in [-0.2, 0) is 10.2 Å². The molecule has 6 nitrogen and oxygen atoms in total. The van der Waals surface area contributed by atoms with Gasteiger partial charge in [0, 0.05) is 16.2 Å². The zero-order valence-electron chi connectivity index (χ0n) is 17.4. The topological polar surface area (TPSA) is 82.3 Å². The van der Waals surface area contributed by atoms with Crippen molar-refractivity contribution in [3.63, 3.8) is 0 Å². The van der Waals surface area contributed by atoms with Crippen LogP contribution in [0, 0.1) is 15.2 Å². The second-order valence-electron chi connectivity index (χ2n) is 7.68. The van der Waals surface area contributed by atoms with E-state index in [1.807, 2.05) is 0 Å². The molecule has 1 aliphatic rings. The highest BCUT2D eigenvalue weighted by atomic mass is 127. The molecule has 3 rings (SSSR count). The Bertz CT molecular complexity index is 1040. The predicted molar refractivity (Wildman–Crippen MR) is 134 cm³/mol. The molecule has 1 saturated carbocycles. The number of benzene rings is 2. The van der Waals surface area contributed by atoms with Gasteiger partial charge in [0.05, 0.1) is 16.4 Å². The molecular weight excluding hydrogens is 573 g/mol. The second kappa shape index (κ2) is 11.8. The molecule has 0 heterocycles. The Morgan fingerprint density at radius 2 is 1.75 bits per heavy atom. The van der Waals surface area contributed by atoms with Gasteiger partial charge in [-0.05, 0) is 78.7 Å². The van der Waals surface area contributed by atoms with Gasteiger partial charge >= 0.3 is 0 Å². The maximum atomic E-state index is 14.5. The Kier molecular flexibility index (Phi) is 9.35. The van der Waals surface area contributed by atoms with Gasteiger partial charge in [0.2, 0.25) is 0 Å². The standard InChI is InChI=1S/C21H26ClF2IN4O2S/c22-16-13-14(25)7-9-18(16)28-21-19(10-8-17(23)20(21)24)29-32(30,31)27-12-4-11-26-15-5-2-1-3-6-15/h7-10,13,15,26-29H,1-6,11-12H2. The van der Waals surface area contributed by atoms with E-state index < -0.39 is 21.8 Å². The van der Waals surface area contributed by atoms with Gasteiger partial charge < -0.3 is 10.6 Å². The molecule has 0 radical (unpaired) electrons. The molecule has 2 aromatic carbocycles. The Balaban J connectivity index is 1.61. The summed E-state index contributed by atoms with van der Waals surface area (Å²) in [4.78, 5) is 0. The second-order valence-corrected chi connectivity index (χ2v) is 10.8. The summed E-state index contributed by atoms with van der Waals surface area (Å²) < 4.78 is 58.9. The molecule has 32 heavy (non-hydrogen) atoms. The van der Waals surface area contributed by atoms with Crippen LogP contribution in [0.25, 0.3) is 0 Å². The van der Waals surface area contributed by atoms with E-state index in [0.29, 0.717) is 24.7 Å². The number of hydrogen-bond donors (Lipinski definition) is 4. The molecule has 0 spiro atoms. The maximum Gasteiger partial charge on any atom is 0.299 e. The van der Waals surface area contributed by atoms with Gasteiger partial charge in [-0.25, -0.2) is 8.78 Å². The third kappa shape index (κ3) is 7.41.